The van der Waals surface area contributed by atoms with Crippen molar-refractivity contribution in [2.24, 2.45) is 11.8 Å². The van der Waals surface area contributed by atoms with Crippen LogP contribution in [0.25, 0.3) is 0 Å². The smallest absolute Gasteiger partial charge is 0.332 e. The molecule has 18 heavy (non-hydrogen) atoms. The van der Waals surface area contributed by atoms with Crippen molar-refractivity contribution in [1.29, 1.82) is 0 Å². The Balaban J connectivity index is 1.73. The lowest BCUT2D eigenvalue weighted by molar-refractivity contribution is -0.149. The quantitative estimate of drug-likeness (QED) is 0.807. The third-order valence-electron chi connectivity index (χ3n) is 4.70. The summed E-state index contributed by atoms with van der Waals surface area (Å²) < 4.78 is 5.51. The summed E-state index contributed by atoms with van der Waals surface area (Å²) in [6, 6.07) is 0.571. The van der Waals surface area contributed by atoms with E-state index in [1.54, 1.807) is 0 Å². The summed E-state index contributed by atoms with van der Waals surface area (Å²) in [5.74, 6) is 0.667. The normalized spacial score (nSPS) is 40.9. The fourth-order valence-electron chi connectivity index (χ4n) is 3.19. The van der Waals surface area contributed by atoms with Crippen LogP contribution in [0.2, 0.25) is 0 Å². The second-order valence-corrected chi connectivity index (χ2v) is 5.94. The zero-order valence-electron chi connectivity index (χ0n) is 11.4. The maximum atomic E-state index is 10.8. The van der Waals surface area contributed by atoms with Crippen LogP contribution < -0.4 is 5.32 Å². The van der Waals surface area contributed by atoms with Gasteiger partial charge in [0.1, 0.15) is 0 Å². The molecule has 0 radical (unpaired) electrons. The van der Waals surface area contributed by atoms with Crippen LogP contribution in [0.15, 0.2) is 0 Å². The molecule has 2 N–H and O–H groups in total. The van der Waals surface area contributed by atoms with Crippen molar-refractivity contribution in [2.45, 2.75) is 64.2 Å². The Morgan fingerprint density at radius 2 is 2.06 bits per heavy atom. The van der Waals surface area contributed by atoms with Crippen LogP contribution in [0.3, 0.4) is 0 Å². The highest BCUT2D eigenvalue weighted by Crippen LogP contribution is 2.29. The number of rotatable bonds is 4. The number of aliphatic carboxylic acids is 1. The molecular weight excluding hydrogens is 230 g/mol. The monoisotopic (exact) mass is 255 g/mol. The zero-order valence-corrected chi connectivity index (χ0v) is 11.4. The lowest BCUT2D eigenvalue weighted by Gasteiger charge is -2.35. The highest BCUT2D eigenvalue weighted by Gasteiger charge is 2.32. The summed E-state index contributed by atoms with van der Waals surface area (Å²) in [6.07, 6.45) is 4.88. The van der Waals surface area contributed by atoms with Crippen LogP contribution in [0.1, 0.15) is 46.0 Å². The molecule has 1 aliphatic heterocycles. The van der Waals surface area contributed by atoms with E-state index in [1.165, 1.54) is 19.3 Å². The van der Waals surface area contributed by atoms with E-state index in [0.29, 0.717) is 18.4 Å². The first-order valence-corrected chi connectivity index (χ1v) is 7.19. The molecule has 4 heteroatoms. The molecule has 0 spiro atoms. The molecule has 0 amide bonds. The predicted octanol–water partition coefficient (Wildman–Crippen LogP) is 2.03. The number of carbonyl (C=O) groups is 1. The molecule has 0 bridgehead atoms. The van der Waals surface area contributed by atoms with Gasteiger partial charge in [-0.15, -0.1) is 0 Å². The Kier molecular flexibility index (Phi) is 4.62. The van der Waals surface area contributed by atoms with Gasteiger partial charge in [0.15, 0.2) is 6.10 Å². The third kappa shape index (κ3) is 3.23. The van der Waals surface area contributed by atoms with E-state index in [4.69, 9.17) is 9.84 Å². The Labute approximate surface area is 109 Å². The summed E-state index contributed by atoms with van der Waals surface area (Å²) in [5, 5.41) is 12.5. The van der Waals surface area contributed by atoms with E-state index in [9.17, 15) is 4.79 Å². The number of carboxylic acid groups (broad SMARTS) is 1. The molecular formula is C14H25NO3. The minimum Gasteiger partial charge on any atom is -0.479 e. The molecule has 2 rings (SSSR count). The van der Waals surface area contributed by atoms with Gasteiger partial charge in [-0.2, -0.15) is 0 Å². The second kappa shape index (κ2) is 6.02. The lowest BCUT2D eigenvalue weighted by Crippen LogP contribution is -2.43. The predicted molar refractivity (Wildman–Crippen MR) is 69.5 cm³/mol. The fourth-order valence-corrected chi connectivity index (χ4v) is 3.19. The maximum Gasteiger partial charge on any atom is 0.332 e. The number of carboxylic acids is 1. The number of hydrogen-bond donors (Lipinski definition) is 2. The van der Waals surface area contributed by atoms with Crippen molar-refractivity contribution in [1.82, 2.24) is 5.32 Å². The Hall–Kier alpha value is -0.610. The number of ether oxygens (including phenoxy) is 1. The minimum absolute atomic E-state index is 0.0792. The van der Waals surface area contributed by atoms with Crippen molar-refractivity contribution in [2.75, 3.05) is 6.54 Å². The van der Waals surface area contributed by atoms with Crippen LogP contribution in [0, 0.1) is 11.8 Å². The number of nitrogens with one attached hydrogen (secondary N) is 1. The highest BCUT2D eigenvalue weighted by molar-refractivity contribution is 5.72. The van der Waals surface area contributed by atoms with Crippen LogP contribution in [0.5, 0.6) is 0 Å². The first-order chi connectivity index (χ1) is 8.58. The average Bonchev–Trinajstić information content (AvgIpc) is 2.80. The van der Waals surface area contributed by atoms with Gasteiger partial charge in [0.05, 0.1) is 6.10 Å². The second-order valence-electron chi connectivity index (χ2n) is 5.94. The largest absolute Gasteiger partial charge is 0.479 e. The fraction of sp³-hybridized carbons (Fsp3) is 0.929. The molecule has 4 nitrogen and oxygen atoms in total. The Morgan fingerprint density at radius 3 is 2.72 bits per heavy atom. The van der Waals surface area contributed by atoms with Gasteiger partial charge in [0.2, 0.25) is 0 Å². The van der Waals surface area contributed by atoms with Crippen molar-refractivity contribution >= 4 is 5.97 Å². The molecule has 0 aromatic carbocycles. The summed E-state index contributed by atoms with van der Waals surface area (Å²) >= 11 is 0. The van der Waals surface area contributed by atoms with E-state index >= 15 is 0 Å². The summed E-state index contributed by atoms with van der Waals surface area (Å²) in [5.41, 5.74) is 0. The van der Waals surface area contributed by atoms with Gasteiger partial charge >= 0.3 is 5.97 Å². The minimum atomic E-state index is -0.822. The topological polar surface area (TPSA) is 58.6 Å². The molecule has 104 valence electrons. The number of hydrogen-bond acceptors (Lipinski definition) is 3. The molecule has 5 atom stereocenters. The summed E-state index contributed by atoms with van der Waals surface area (Å²) in [7, 11) is 0. The van der Waals surface area contributed by atoms with Crippen LogP contribution in [-0.4, -0.2) is 35.9 Å². The lowest BCUT2D eigenvalue weighted by atomic mass is 9.78. The van der Waals surface area contributed by atoms with Gasteiger partial charge in [-0.25, -0.2) is 4.79 Å². The molecule has 1 saturated carbocycles. The van der Waals surface area contributed by atoms with E-state index in [0.717, 1.165) is 18.9 Å². The van der Waals surface area contributed by atoms with Gasteiger partial charge in [-0.1, -0.05) is 26.7 Å². The molecule has 5 unspecified atom stereocenters. The van der Waals surface area contributed by atoms with E-state index in [1.807, 2.05) is 0 Å². The molecule has 1 aliphatic carbocycles. The SMILES string of the molecule is CC1CCCC(NCC2CCC(C(=O)O)O2)C1C. The molecule has 1 heterocycles. The molecule has 0 aromatic rings. The van der Waals surface area contributed by atoms with E-state index in [-0.39, 0.29) is 6.10 Å². The van der Waals surface area contributed by atoms with E-state index in [2.05, 4.69) is 19.2 Å². The summed E-state index contributed by atoms with van der Waals surface area (Å²) in [6.45, 7) is 5.44. The van der Waals surface area contributed by atoms with Gasteiger partial charge in [-0.05, 0) is 31.1 Å². The Bertz CT molecular complexity index is 295. The first kappa shape index (κ1) is 13.8. The third-order valence-corrected chi connectivity index (χ3v) is 4.70. The maximum absolute atomic E-state index is 10.8. The van der Waals surface area contributed by atoms with Crippen LogP contribution >= 0.6 is 0 Å². The van der Waals surface area contributed by atoms with Crippen LogP contribution in [0.4, 0.5) is 0 Å². The van der Waals surface area contributed by atoms with E-state index < -0.39 is 12.1 Å². The molecule has 1 saturated heterocycles. The van der Waals surface area contributed by atoms with Crippen molar-refractivity contribution < 1.29 is 14.6 Å². The zero-order chi connectivity index (χ0) is 13.1. The van der Waals surface area contributed by atoms with Gasteiger partial charge in [0.25, 0.3) is 0 Å². The highest BCUT2D eigenvalue weighted by atomic mass is 16.5. The van der Waals surface area contributed by atoms with Crippen molar-refractivity contribution in [3.63, 3.8) is 0 Å². The Morgan fingerprint density at radius 1 is 1.28 bits per heavy atom. The van der Waals surface area contributed by atoms with Gasteiger partial charge < -0.3 is 15.2 Å². The van der Waals surface area contributed by atoms with Gasteiger partial charge in [0, 0.05) is 12.6 Å². The van der Waals surface area contributed by atoms with Gasteiger partial charge in [-0.3, -0.25) is 0 Å². The van der Waals surface area contributed by atoms with Crippen molar-refractivity contribution in [3.8, 4) is 0 Å². The molecule has 2 aliphatic rings. The van der Waals surface area contributed by atoms with Crippen molar-refractivity contribution in [3.05, 3.63) is 0 Å². The molecule has 2 fully saturated rings. The standard InChI is InChI=1S/C14H25NO3/c1-9-4-3-5-12(10(9)2)15-8-11-6-7-13(18-11)14(16)17/h9-13,15H,3-8H2,1-2H3,(H,16,17). The van der Waals surface area contributed by atoms with Crippen LogP contribution in [-0.2, 0) is 9.53 Å². The average molecular weight is 255 g/mol. The first-order valence-electron chi connectivity index (χ1n) is 7.19. The summed E-state index contributed by atoms with van der Waals surface area (Å²) in [4.78, 5) is 10.8. The molecule has 0 aromatic heterocycles.